The van der Waals surface area contributed by atoms with Crippen LogP contribution in [-0.2, 0) is 10.2 Å². The predicted octanol–water partition coefficient (Wildman–Crippen LogP) is 1.82. The third kappa shape index (κ3) is 2.11. The zero-order valence-corrected chi connectivity index (χ0v) is 10.4. The van der Waals surface area contributed by atoms with E-state index in [1.807, 2.05) is 6.20 Å². The van der Waals surface area contributed by atoms with Gasteiger partial charge in [0.15, 0.2) is 5.89 Å². The molecule has 1 unspecified atom stereocenters. The Bertz CT molecular complexity index is 377. The van der Waals surface area contributed by atoms with Gasteiger partial charge in [0.2, 0.25) is 0 Å². The van der Waals surface area contributed by atoms with E-state index in [4.69, 9.17) is 9.15 Å². The number of oxazole rings is 1. The van der Waals surface area contributed by atoms with Gasteiger partial charge in [0.1, 0.15) is 5.76 Å². The summed E-state index contributed by atoms with van der Waals surface area (Å²) in [4.78, 5) is 4.48. The minimum atomic E-state index is 0.0398. The first-order valence-corrected chi connectivity index (χ1v) is 6.53. The summed E-state index contributed by atoms with van der Waals surface area (Å²) in [5, 5.41) is 3.36. The van der Waals surface area contributed by atoms with Crippen LogP contribution in [0.4, 0.5) is 0 Å². The van der Waals surface area contributed by atoms with Gasteiger partial charge in [-0.1, -0.05) is 6.92 Å². The second-order valence-electron chi connectivity index (χ2n) is 5.45. The van der Waals surface area contributed by atoms with Gasteiger partial charge in [0.25, 0.3) is 0 Å². The van der Waals surface area contributed by atoms with E-state index in [0.29, 0.717) is 5.92 Å². The Hall–Kier alpha value is -0.870. The molecule has 0 saturated carbocycles. The number of piperidine rings is 1. The molecule has 3 heterocycles. The second-order valence-corrected chi connectivity index (χ2v) is 5.45. The van der Waals surface area contributed by atoms with Gasteiger partial charge < -0.3 is 14.5 Å². The van der Waals surface area contributed by atoms with Crippen LogP contribution in [0.2, 0.25) is 0 Å². The van der Waals surface area contributed by atoms with Crippen molar-refractivity contribution in [2.45, 2.75) is 37.5 Å². The maximum absolute atomic E-state index is 5.99. The molecule has 2 fully saturated rings. The van der Waals surface area contributed by atoms with Crippen molar-refractivity contribution in [3.8, 4) is 0 Å². The molecule has 0 bridgehead atoms. The normalized spacial score (nSPS) is 30.9. The van der Waals surface area contributed by atoms with Gasteiger partial charge in [0, 0.05) is 12.5 Å². The van der Waals surface area contributed by atoms with Crippen molar-refractivity contribution in [2.24, 2.45) is 0 Å². The molecule has 0 aliphatic carbocycles. The zero-order chi connectivity index (χ0) is 11.7. The molecule has 1 N–H and O–H groups in total. The van der Waals surface area contributed by atoms with Crippen LogP contribution in [-0.4, -0.2) is 31.3 Å². The fourth-order valence-corrected chi connectivity index (χ4v) is 2.69. The third-order valence-corrected chi connectivity index (χ3v) is 4.03. The van der Waals surface area contributed by atoms with Gasteiger partial charge in [0.05, 0.1) is 18.2 Å². The molecule has 0 spiro atoms. The average molecular weight is 236 g/mol. The lowest BCUT2D eigenvalue weighted by molar-refractivity contribution is 0.173. The van der Waals surface area contributed by atoms with E-state index in [1.165, 1.54) is 0 Å². The molecule has 3 rings (SSSR count). The lowest BCUT2D eigenvalue weighted by Gasteiger charge is -2.20. The summed E-state index contributed by atoms with van der Waals surface area (Å²) >= 11 is 0. The maximum Gasteiger partial charge on any atom is 0.197 e. The SMILES string of the molecule is CC1(c2cnc(C3CCNCC3)o2)CCOC1. The number of nitrogens with one attached hydrogen (secondary N) is 1. The molecule has 4 nitrogen and oxygen atoms in total. The Morgan fingerprint density at radius 2 is 2.24 bits per heavy atom. The Balaban J connectivity index is 1.77. The van der Waals surface area contributed by atoms with Crippen molar-refractivity contribution in [1.82, 2.24) is 10.3 Å². The smallest absolute Gasteiger partial charge is 0.197 e. The molecule has 1 aromatic rings. The van der Waals surface area contributed by atoms with Gasteiger partial charge >= 0.3 is 0 Å². The van der Waals surface area contributed by atoms with E-state index in [1.54, 1.807) is 0 Å². The lowest BCUT2D eigenvalue weighted by Crippen LogP contribution is -2.26. The largest absolute Gasteiger partial charge is 0.445 e. The Kier molecular flexibility index (Phi) is 2.92. The molecule has 0 radical (unpaired) electrons. The number of ether oxygens (including phenoxy) is 1. The molecule has 17 heavy (non-hydrogen) atoms. The highest BCUT2D eigenvalue weighted by molar-refractivity contribution is 5.13. The van der Waals surface area contributed by atoms with Crippen LogP contribution in [0.3, 0.4) is 0 Å². The summed E-state index contributed by atoms with van der Waals surface area (Å²) in [6.07, 6.45) is 5.21. The Labute approximate surface area is 102 Å². The average Bonchev–Trinajstić information content (AvgIpc) is 2.99. The summed E-state index contributed by atoms with van der Waals surface area (Å²) < 4.78 is 11.5. The van der Waals surface area contributed by atoms with Crippen molar-refractivity contribution >= 4 is 0 Å². The number of hydrogen-bond donors (Lipinski definition) is 1. The van der Waals surface area contributed by atoms with Crippen LogP contribution in [0, 0.1) is 0 Å². The minimum Gasteiger partial charge on any atom is -0.445 e. The molecule has 4 heteroatoms. The Morgan fingerprint density at radius 3 is 2.94 bits per heavy atom. The van der Waals surface area contributed by atoms with E-state index < -0.39 is 0 Å². The van der Waals surface area contributed by atoms with E-state index in [0.717, 1.165) is 57.2 Å². The first-order valence-electron chi connectivity index (χ1n) is 6.53. The molecule has 1 aromatic heterocycles. The van der Waals surface area contributed by atoms with Gasteiger partial charge in [-0.2, -0.15) is 0 Å². The number of hydrogen-bond acceptors (Lipinski definition) is 4. The highest BCUT2D eigenvalue weighted by Gasteiger charge is 2.36. The molecule has 0 aromatic carbocycles. The first-order chi connectivity index (χ1) is 8.28. The van der Waals surface area contributed by atoms with Gasteiger partial charge in [-0.15, -0.1) is 0 Å². The number of nitrogens with zero attached hydrogens (tertiary/aromatic N) is 1. The molecule has 0 amide bonds. The molecule has 1 atom stereocenters. The quantitative estimate of drug-likeness (QED) is 0.851. The summed E-state index contributed by atoms with van der Waals surface area (Å²) in [7, 11) is 0. The predicted molar refractivity (Wildman–Crippen MR) is 64.1 cm³/mol. The summed E-state index contributed by atoms with van der Waals surface area (Å²) in [6.45, 7) is 5.94. The first kappa shape index (κ1) is 11.2. The van der Waals surface area contributed by atoms with Crippen LogP contribution in [0.15, 0.2) is 10.6 Å². The fraction of sp³-hybridized carbons (Fsp3) is 0.769. The second kappa shape index (κ2) is 4.42. The lowest BCUT2D eigenvalue weighted by atomic mass is 9.88. The summed E-state index contributed by atoms with van der Waals surface area (Å²) in [5.41, 5.74) is 0.0398. The van der Waals surface area contributed by atoms with Gasteiger partial charge in [-0.25, -0.2) is 4.98 Å². The third-order valence-electron chi connectivity index (χ3n) is 4.03. The van der Waals surface area contributed by atoms with Crippen LogP contribution < -0.4 is 5.32 Å². The monoisotopic (exact) mass is 236 g/mol. The van der Waals surface area contributed by atoms with E-state index >= 15 is 0 Å². The van der Waals surface area contributed by atoms with Crippen molar-refractivity contribution in [2.75, 3.05) is 26.3 Å². The molecule has 94 valence electrons. The number of rotatable bonds is 2. The van der Waals surface area contributed by atoms with Crippen LogP contribution in [0.1, 0.15) is 43.8 Å². The van der Waals surface area contributed by atoms with Crippen molar-refractivity contribution in [1.29, 1.82) is 0 Å². The minimum absolute atomic E-state index is 0.0398. The fourth-order valence-electron chi connectivity index (χ4n) is 2.69. The highest BCUT2D eigenvalue weighted by atomic mass is 16.5. The van der Waals surface area contributed by atoms with E-state index in [9.17, 15) is 0 Å². The van der Waals surface area contributed by atoms with E-state index in [2.05, 4.69) is 17.2 Å². The number of aromatic nitrogens is 1. The van der Waals surface area contributed by atoms with Gasteiger partial charge in [-0.05, 0) is 32.4 Å². The van der Waals surface area contributed by atoms with Crippen LogP contribution in [0.25, 0.3) is 0 Å². The van der Waals surface area contributed by atoms with Crippen molar-refractivity contribution < 1.29 is 9.15 Å². The standard InChI is InChI=1S/C13H20N2O2/c1-13(4-7-16-9-13)11-8-15-12(17-11)10-2-5-14-6-3-10/h8,10,14H,2-7,9H2,1H3. The van der Waals surface area contributed by atoms with Crippen molar-refractivity contribution in [3.05, 3.63) is 17.8 Å². The zero-order valence-electron chi connectivity index (χ0n) is 10.4. The Morgan fingerprint density at radius 1 is 1.41 bits per heavy atom. The highest BCUT2D eigenvalue weighted by Crippen LogP contribution is 2.35. The van der Waals surface area contributed by atoms with Crippen molar-refractivity contribution in [3.63, 3.8) is 0 Å². The van der Waals surface area contributed by atoms with Crippen LogP contribution in [0.5, 0.6) is 0 Å². The maximum atomic E-state index is 5.99. The summed E-state index contributed by atoms with van der Waals surface area (Å²) in [5.74, 6) is 2.43. The summed E-state index contributed by atoms with van der Waals surface area (Å²) in [6, 6.07) is 0. The molecule has 2 saturated heterocycles. The topological polar surface area (TPSA) is 47.3 Å². The molecular weight excluding hydrogens is 216 g/mol. The molecular formula is C13H20N2O2. The molecule has 2 aliphatic heterocycles. The van der Waals surface area contributed by atoms with Gasteiger partial charge in [-0.3, -0.25) is 0 Å². The van der Waals surface area contributed by atoms with E-state index in [-0.39, 0.29) is 5.41 Å². The van der Waals surface area contributed by atoms with Crippen LogP contribution >= 0.6 is 0 Å². The molecule has 2 aliphatic rings.